The van der Waals surface area contributed by atoms with E-state index >= 15 is 0 Å². The highest BCUT2D eigenvalue weighted by molar-refractivity contribution is 5.74. The molecular weight excluding hydrogens is 272 g/mol. The molecule has 0 radical (unpaired) electrons. The first kappa shape index (κ1) is 16.1. The zero-order valence-corrected chi connectivity index (χ0v) is 12.6. The van der Waals surface area contributed by atoms with Crippen LogP contribution in [0.5, 0.6) is 0 Å². The lowest BCUT2D eigenvalue weighted by atomic mass is 9.92. The summed E-state index contributed by atoms with van der Waals surface area (Å²) >= 11 is 0. The van der Waals surface area contributed by atoms with Gasteiger partial charge in [-0.25, -0.2) is 4.79 Å². The fourth-order valence-corrected chi connectivity index (χ4v) is 3.06. The summed E-state index contributed by atoms with van der Waals surface area (Å²) in [5.41, 5.74) is 0. The average molecular weight is 298 g/mol. The van der Waals surface area contributed by atoms with Gasteiger partial charge in [0.05, 0.1) is 0 Å². The third-order valence-electron chi connectivity index (χ3n) is 4.52. The number of nitrogens with zero attached hydrogens (tertiary/aromatic N) is 1. The summed E-state index contributed by atoms with van der Waals surface area (Å²) in [6.07, 6.45) is 4.88. The minimum absolute atomic E-state index is 0.0191. The molecule has 0 saturated carbocycles. The van der Waals surface area contributed by atoms with Gasteiger partial charge < -0.3 is 20.1 Å². The molecule has 2 fully saturated rings. The van der Waals surface area contributed by atoms with Crippen LogP contribution in [0.3, 0.4) is 0 Å². The lowest BCUT2D eigenvalue weighted by molar-refractivity contribution is -0.137. The zero-order chi connectivity index (χ0) is 15.1. The summed E-state index contributed by atoms with van der Waals surface area (Å²) in [5.74, 6) is 0.305. The Labute approximate surface area is 125 Å². The Morgan fingerprint density at radius 3 is 2.52 bits per heavy atom. The Morgan fingerprint density at radius 1 is 1.14 bits per heavy atom. The molecule has 2 rings (SSSR count). The Bertz CT molecular complexity index is 348. The molecule has 6 heteroatoms. The lowest BCUT2D eigenvalue weighted by Gasteiger charge is -2.32. The molecule has 2 aliphatic heterocycles. The van der Waals surface area contributed by atoms with E-state index < -0.39 is 5.97 Å². The van der Waals surface area contributed by atoms with E-state index in [9.17, 15) is 9.59 Å². The topological polar surface area (TPSA) is 78.9 Å². The third-order valence-corrected chi connectivity index (χ3v) is 4.52. The molecule has 6 nitrogen and oxygen atoms in total. The minimum atomic E-state index is -0.730. The van der Waals surface area contributed by atoms with Crippen molar-refractivity contribution in [3.05, 3.63) is 0 Å². The van der Waals surface area contributed by atoms with Gasteiger partial charge in [-0.2, -0.15) is 0 Å². The van der Waals surface area contributed by atoms with E-state index in [1.165, 1.54) is 0 Å². The maximum absolute atomic E-state index is 12.0. The maximum atomic E-state index is 12.0. The fraction of sp³-hybridized carbons (Fsp3) is 0.867. The number of carbonyl (C=O) groups is 2. The first-order valence-corrected chi connectivity index (χ1v) is 7.97. The number of nitrogens with one attached hydrogen (secondary N) is 1. The smallest absolute Gasteiger partial charge is 0.317 e. The van der Waals surface area contributed by atoms with E-state index in [4.69, 9.17) is 9.84 Å². The van der Waals surface area contributed by atoms with Crippen molar-refractivity contribution in [1.29, 1.82) is 0 Å². The van der Waals surface area contributed by atoms with Crippen LogP contribution in [0.15, 0.2) is 0 Å². The van der Waals surface area contributed by atoms with Crippen LogP contribution < -0.4 is 5.32 Å². The van der Waals surface area contributed by atoms with E-state index in [0.29, 0.717) is 18.4 Å². The van der Waals surface area contributed by atoms with Gasteiger partial charge in [0.15, 0.2) is 0 Å². The molecule has 0 spiro atoms. The van der Waals surface area contributed by atoms with E-state index in [-0.39, 0.29) is 12.5 Å². The first-order chi connectivity index (χ1) is 10.1. The monoisotopic (exact) mass is 298 g/mol. The number of ether oxygens (including phenoxy) is 1. The molecule has 1 unspecified atom stereocenters. The Balaban J connectivity index is 1.57. The number of urea groups is 1. The third kappa shape index (κ3) is 5.53. The molecule has 0 aliphatic carbocycles. The molecule has 21 heavy (non-hydrogen) atoms. The van der Waals surface area contributed by atoms with Gasteiger partial charge >= 0.3 is 12.0 Å². The number of carbonyl (C=O) groups excluding carboxylic acids is 1. The Hall–Kier alpha value is -1.30. The molecular formula is C15H26N2O4. The van der Waals surface area contributed by atoms with Gasteiger partial charge in [0.1, 0.15) is 0 Å². The number of piperidine rings is 1. The van der Waals surface area contributed by atoms with Crippen LogP contribution in [0, 0.1) is 11.8 Å². The van der Waals surface area contributed by atoms with Gasteiger partial charge in [0.2, 0.25) is 0 Å². The van der Waals surface area contributed by atoms with Crippen molar-refractivity contribution in [2.24, 2.45) is 11.8 Å². The van der Waals surface area contributed by atoms with Crippen molar-refractivity contribution >= 4 is 12.0 Å². The molecule has 1 atom stereocenters. The number of carboxylic acid groups (broad SMARTS) is 1. The van der Waals surface area contributed by atoms with Crippen LogP contribution in [0.25, 0.3) is 0 Å². The van der Waals surface area contributed by atoms with Crippen LogP contribution in [0.2, 0.25) is 0 Å². The predicted octanol–water partition coefficient (Wildman–Crippen LogP) is 1.70. The second kappa shape index (κ2) is 8.22. The van der Waals surface area contributed by atoms with Crippen molar-refractivity contribution in [3.8, 4) is 0 Å². The van der Waals surface area contributed by atoms with Gasteiger partial charge in [0, 0.05) is 39.3 Å². The second-order valence-corrected chi connectivity index (χ2v) is 6.11. The number of amides is 2. The number of aliphatic carboxylic acids is 1. The predicted molar refractivity (Wildman–Crippen MR) is 78.1 cm³/mol. The molecule has 2 saturated heterocycles. The summed E-state index contributed by atoms with van der Waals surface area (Å²) in [6.45, 7) is 3.87. The minimum Gasteiger partial charge on any atom is -0.481 e. The van der Waals surface area contributed by atoms with Crippen molar-refractivity contribution in [2.45, 2.75) is 38.5 Å². The highest BCUT2D eigenvalue weighted by Gasteiger charge is 2.23. The summed E-state index contributed by atoms with van der Waals surface area (Å²) < 4.78 is 5.32. The number of likely N-dealkylation sites (tertiary alicyclic amines) is 1. The molecule has 2 amide bonds. The van der Waals surface area contributed by atoms with Crippen LogP contribution in [0.4, 0.5) is 4.79 Å². The number of hydrogen-bond donors (Lipinski definition) is 2. The largest absolute Gasteiger partial charge is 0.481 e. The van der Waals surface area contributed by atoms with E-state index in [0.717, 1.165) is 58.4 Å². The van der Waals surface area contributed by atoms with Gasteiger partial charge in [-0.05, 0) is 43.9 Å². The highest BCUT2D eigenvalue weighted by atomic mass is 16.5. The summed E-state index contributed by atoms with van der Waals surface area (Å²) in [7, 11) is 0. The van der Waals surface area contributed by atoms with Crippen LogP contribution >= 0.6 is 0 Å². The molecule has 120 valence electrons. The number of hydrogen-bond acceptors (Lipinski definition) is 3. The van der Waals surface area contributed by atoms with Crippen molar-refractivity contribution in [1.82, 2.24) is 10.2 Å². The first-order valence-electron chi connectivity index (χ1n) is 7.97. The average Bonchev–Trinajstić information content (AvgIpc) is 2.99. The molecule has 2 N–H and O–H groups in total. The van der Waals surface area contributed by atoms with Gasteiger partial charge in [0.25, 0.3) is 0 Å². The van der Waals surface area contributed by atoms with Gasteiger partial charge in [-0.1, -0.05) is 0 Å². The Morgan fingerprint density at radius 2 is 1.90 bits per heavy atom. The van der Waals surface area contributed by atoms with Crippen LogP contribution in [-0.2, 0) is 9.53 Å². The Kier molecular flexibility index (Phi) is 6.29. The zero-order valence-electron chi connectivity index (χ0n) is 12.6. The van der Waals surface area contributed by atoms with E-state index in [1.54, 1.807) is 0 Å². The van der Waals surface area contributed by atoms with E-state index in [2.05, 4.69) is 5.32 Å². The summed E-state index contributed by atoms with van der Waals surface area (Å²) in [4.78, 5) is 24.4. The fourth-order valence-electron chi connectivity index (χ4n) is 3.06. The standard InChI is InChI=1S/C15H26N2O4/c18-14(19)2-1-12-4-8-17(9-5-12)15(20)16-7-3-13-6-10-21-11-13/h12-13H,1-11H2,(H,16,20)(H,18,19). The molecule has 0 aromatic heterocycles. The van der Waals surface area contributed by atoms with Crippen LogP contribution in [0.1, 0.15) is 38.5 Å². The van der Waals surface area contributed by atoms with Gasteiger partial charge in [-0.3, -0.25) is 4.79 Å². The highest BCUT2D eigenvalue weighted by Crippen LogP contribution is 2.22. The normalized spacial score (nSPS) is 23.2. The lowest BCUT2D eigenvalue weighted by Crippen LogP contribution is -2.45. The summed E-state index contributed by atoms with van der Waals surface area (Å²) in [6, 6.07) is 0.0191. The quantitative estimate of drug-likeness (QED) is 0.782. The molecule has 0 aromatic carbocycles. The molecule has 2 aliphatic rings. The second-order valence-electron chi connectivity index (χ2n) is 6.11. The number of rotatable bonds is 6. The van der Waals surface area contributed by atoms with E-state index in [1.807, 2.05) is 4.90 Å². The van der Waals surface area contributed by atoms with Crippen molar-refractivity contribution in [2.75, 3.05) is 32.8 Å². The van der Waals surface area contributed by atoms with Crippen molar-refractivity contribution in [3.63, 3.8) is 0 Å². The molecule has 0 bridgehead atoms. The molecule has 0 aromatic rings. The summed E-state index contributed by atoms with van der Waals surface area (Å²) in [5, 5.41) is 11.7. The molecule has 2 heterocycles. The van der Waals surface area contributed by atoms with Crippen LogP contribution in [-0.4, -0.2) is 54.9 Å². The maximum Gasteiger partial charge on any atom is 0.317 e. The SMILES string of the molecule is O=C(O)CCC1CCN(C(=O)NCCC2CCOC2)CC1. The van der Waals surface area contributed by atoms with Crippen molar-refractivity contribution < 1.29 is 19.4 Å². The number of carboxylic acids is 1. The van der Waals surface area contributed by atoms with Gasteiger partial charge in [-0.15, -0.1) is 0 Å².